The lowest BCUT2D eigenvalue weighted by molar-refractivity contribution is -0.134. The van der Waals surface area contributed by atoms with Gasteiger partial charge in [-0.3, -0.25) is 4.79 Å². The molecule has 1 aliphatic heterocycles. The normalized spacial score (nSPS) is 27.0. The smallest absolute Gasteiger partial charge is 0.249 e. The lowest BCUT2D eigenvalue weighted by atomic mass is 9.88. The Kier molecular flexibility index (Phi) is 4.85. The van der Waals surface area contributed by atoms with Crippen LogP contribution in [0.2, 0.25) is 0 Å². The van der Waals surface area contributed by atoms with Crippen LogP contribution in [-0.4, -0.2) is 24.7 Å². The molecule has 0 aromatic heterocycles. The molecule has 0 unspecified atom stereocenters. The van der Waals surface area contributed by atoms with E-state index >= 15 is 0 Å². The maximum Gasteiger partial charge on any atom is 0.249 e. The first kappa shape index (κ1) is 16.0. The third-order valence-electron chi connectivity index (χ3n) is 4.88. The van der Waals surface area contributed by atoms with E-state index < -0.39 is 0 Å². The van der Waals surface area contributed by atoms with Gasteiger partial charge in [0.25, 0.3) is 0 Å². The number of hydrogen-bond acceptors (Lipinski definition) is 3. The highest BCUT2D eigenvalue weighted by atomic mass is 79.9. The molecule has 0 spiro atoms. The first-order valence-corrected chi connectivity index (χ1v) is 8.86. The highest BCUT2D eigenvalue weighted by Gasteiger charge is 2.40. The second-order valence-electron chi connectivity index (χ2n) is 6.35. The first-order valence-electron chi connectivity index (χ1n) is 8.06. The van der Waals surface area contributed by atoms with E-state index in [0.29, 0.717) is 6.54 Å². The van der Waals surface area contributed by atoms with Crippen LogP contribution < -0.4 is 11.1 Å². The molecule has 0 radical (unpaired) electrons. The molecule has 0 bridgehead atoms. The molecule has 5 heteroatoms. The van der Waals surface area contributed by atoms with Crippen molar-refractivity contribution in [3.8, 4) is 0 Å². The van der Waals surface area contributed by atoms with Crippen molar-refractivity contribution in [3.63, 3.8) is 0 Å². The van der Waals surface area contributed by atoms with E-state index in [-0.39, 0.29) is 23.7 Å². The van der Waals surface area contributed by atoms with Crippen molar-refractivity contribution < 1.29 is 9.53 Å². The lowest BCUT2D eigenvalue weighted by Gasteiger charge is -2.32. The van der Waals surface area contributed by atoms with Crippen LogP contribution in [0.4, 0.5) is 0 Å². The van der Waals surface area contributed by atoms with Crippen molar-refractivity contribution in [2.24, 2.45) is 5.73 Å². The summed E-state index contributed by atoms with van der Waals surface area (Å²) in [4.78, 5) is 12.6. The Morgan fingerprint density at radius 3 is 2.55 bits per heavy atom. The fourth-order valence-corrected chi connectivity index (χ4v) is 3.89. The summed E-state index contributed by atoms with van der Waals surface area (Å²) < 4.78 is 6.79. The van der Waals surface area contributed by atoms with Gasteiger partial charge >= 0.3 is 0 Å². The van der Waals surface area contributed by atoms with Crippen LogP contribution in [0, 0.1) is 0 Å². The van der Waals surface area contributed by atoms with Crippen LogP contribution >= 0.6 is 15.9 Å². The molecule has 1 amide bonds. The Morgan fingerprint density at radius 1 is 1.27 bits per heavy atom. The van der Waals surface area contributed by atoms with Crippen LogP contribution in [0.5, 0.6) is 0 Å². The molecule has 3 rings (SSSR count). The fourth-order valence-electron chi connectivity index (χ4n) is 3.62. The summed E-state index contributed by atoms with van der Waals surface area (Å²) >= 11 is 3.47. The Bertz CT molecular complexity index is 526. The van der Waals surface area contributed by atoms with E-state index in [2.05, 4.69) is 33.4 Å². The maximum atomic E-state index is 12.6. The topological polar surface area (TPSA) is 64.4 Å². The van der Waals surface area contributed by atoms with Gasteiger partial charge in [0, 0.05) is 11.0 Å². The van der Waals surface area contributed by atoms with E-state index in [0.717, 1.165) is 43.0 Å². The summed E-state index contributed by atoms with van der Waals surface area (Å²) in [5.41, 5.74) is 6.59. The summed E-state index contributed by atoms with van der Waals surface area (Å²) in [6.07, 6.45) is 5.61. The molecule has 1 heterocycles. The number of nitrogens with one attached hydrogen (secondary N) is 1. The molecule has 2 fully saturated rings. The molecule has 120 valence electrons. The Hall–Kier alpha value is -0.910. The summed E-state index contributed by atoms with van der Waals surface area (Å²) in [5, 5.41) is 3.29. The largest absolute Gasteiger partial charge is 0.364 e. The molecule has 4 nitrogen and oxygen atoms in total. The van der Waals surface area contributed by atoms with Gasteiger partial charge < -0.3 is 15.8 Å². The van der Waals surface area contributed by atoms with Crippen LogP contribution in [-0.2, 0) is 15.1 Å². The molecule has 1 aromatic carbocycles. The number of carbonyl (C=O) groups is 1. The first-order chi connectivity index (χ1) is 10.6. The minimum absolute atomic E-state index is 0.0146. The minimum atomic E-state index is -0.346. The number of rotatable bonds is 4. The molecule has 1 aromatic rings. The van der Waals surface area contributed by atoms with Gasteiger partial charge in [-0.25, -0.2) is 0 Å². The molecular weight excluding hydrogens is 344 g/mol. The average Bonchev–Trinajstić information content (AvgIpc) is 3.17. The Balaban J connectivity index is 1.74. The second kappa shape index (κ2) is 6.69. The van der Waals surface area contributed by atoms with Gasteiger partial charge in [-0.15, -0.1) is 0 Å². The zero-order chi connectivity index (χ0) is 15.6. The van der Waals surface area contributed by atoms with E-state index in [1.54, 1.807) is 0 Å². The molecule has 1 aliphatic carbocycles. The standard InChI is InChI=1S/C17H23BrN2O2/c18-13-5-3-12(4-6-13)17(9-1-2-10-17)20-16(21)15-8-7-14(11-19)22-15/h3-6,14-15H,1-2,7-11,19H2,(H,20,21)/t14-,15+/m1/s1. The van der Waals surface area contributed by atoms with Crippen molar-refractivity contribution in [1.29, 1.82) is 0 Å². The van der Waals surface area contributed by atoms with Crippen LogP contribution in [0.3, 0.4) is 0 Å². The summed E-state index contributed by atoms with van der Waals surface area (Å²) in [6, 6.07) is 8.29. The number of benzene rings is 1. The molecule has 2 atom stereocenters. The lowest BCUT2D eigenvalue weighted by Crippen LogP contribution is -2.48. The zero-order valence-electron chi connectivity index (χ0n) is 12.7. The van der Waals surface area contributed by atoms with Crippen LogP contribution in [0.15, 0.2) is 28.7 Å². The number of amides is 1. The van der Waals surface area contributed by atoms with Gasteiger partial charge in [0.1, 0.15) is 6.10 Å². The zero-order valence-corrected chi connectivity index (χ0v) is 14.3. The van der Waals surface area contributed by atoms with Crippen molar-refractivity contribution >= 4 is 21.8 Å². The second-order valence-corrected chi connectivity index (χ2v) is 7.26. The van der Waals surface area contributed by atoms with E-state index in [1.807, 2.05) is 12.1 Å². The third-order valence-corrected chi connectivity index (χ3v) is 5.41. The number of ether oxygens (including phenoxy) is 1. The van der Waals surface area contributed by atoms with E-state index in [4.69, 9.17) is 10.5 Å². The van der Waals surface area contributed by atoms with Crippen molar-refractivity contribution in [3.05, 3.63) is 34.3 Å². The molecule has 1 saturated carbocycles. The summed E-state index contributed by atoms with van der Waals surface area (Å²) in [5.74, 6) is 0.0146. The van der Waals surface area contributed by atoms with Crippen molar-refractivity contribution in [1.82, 2.24) is 5.32 Å². The van der Waals surface area contributed by atoms with Gasteiger partial charge in [-0.2, -0.15) is 0 Å². The third kappa shape index (κ3) is 3.21. The highest BCUT2D eigenvalue weighted by molar-refractivity contribution is 9.10. The van der Waals surface area contributed by atoms with Gasteiger partial charge in [-0.1, -0.05) is 40.9 Å². The maximum absolute atomic E-state index is 12.6. The SMILES string of the molecule is NC[C@H]1CC[C@@H](C(=O)NC2(c3ccc(Br)cc3)CCCC2)O1. The number of halogens is 1. The van der Waals surface area contributed by atoms with Gasteiger partial charge in [0.05, 0.1) is 11.6 Å². The van der Waals surface area contributed by atoms with Crippen molar-refractivity contribution in [2.45, 2.75) is 56.3 Å². The molecule has 3 N–H and O–H groups in total. The van der Waals surface area contributed by atoms with Crippen LogP contribution in [0.25, 0.3) is 0 Å². The average molecular weight is 367 g/mol. The van der Waals surface area contributed by atoms with E-state index in [1.165, 1.54) is 5.56 Å². The monoisotopic (exact) mass is 366 g/mol. The number of nitrogens with two attached hydrogens (primary N) is 1. The Labute approximate surface area is 139 Å². The predicted octanol–water partition coefficient (Wildman–Crippen LogP) is 2.84. The number of hydrogen-bond donors (Lipinski definition) is 2. The quantitative estimate of drug-likeness (QED) is 0.860. The number of carbonyl (C=O) groups excluding carboxylic acids is 1. The van der Waals surface area contributed by atoms with E-state index in [9.17, 15) is 4.79 Å². The highest BCUT2D eigenvalue weighted by Crippen LogP contribution is 2.39. The predicted molar refractivity (Wildman–Crippen MR) is 89.4 cm³/mol. The molecule has 2 aliphatic rings. The van der Waals surface area contributed by atoms with Crippen molar-refractivity contribution in [2.75, 3.05) is 6.54 Å². The summed E-state index contributed by atoms with van der Waals surface area (Å²) in [7, 11) is 0. The molecular formula is C17H23BrN2O2. The Morgan fingerprint density at radius 2 is 1.95 bits per heavy atom. The van der Waals surface area contributed by atoms with Gasteiger partial charge in [-0.05, 0) is 43.4 Å². The molecule has 22 heavy (non-hydrogen) atoms. The van der Waals surface area contributed by atoms with Gasteiger partial charge in [0.15, 0.2) is 0 Å². The fraction of sp³-hybridized carbons (Fsp3) is 0.588. The molecule has 1 saturated heterocycles. The van der Waals surface area contributed by atoms with Gasteiger partial charge in [0.2, 0.25) is 5.91 Å². The summed E-state index contributed by atoms with van der Waals surface area (Å²) in [6.45, 7) is 0.488. The van der Waals surface area contributed by atoms with Crippen LogP contribution in [0.1, 0.15) is 44.1 Å². The minimum Gasteiger partial charge on any atom is -0.364 e.